The molecule has 2 aromatic rings. The second-order valence-electron chi connectivity index (χ2n) is 3.44. The molecule has 0 aliphatic rings. The highest BCUT2D eigenvalue weighted by Gasteiger charge is 2.13. The van der Waals surface area contributed by atoms with Gasteiger partial charge in [0, 0.05) is 4.47 Å². The van der Waals surface area contributed by atoms with Crippen LogP contribution in [0.2, 0.25) is 0 Å². The predicted octanol–water partition coefficient (Wildman–Crippen LogP) is 4.57. The van der Waals surface area contributed by atoms with Gasteiger partial charge in [0.1, 0.15) is 11.6 Å². The standard InChI is InChI=1S/C13H7Br2FO2/c14-10-4-2-1-3-9(10)13(17)18-12-6-5-8(16)7-11(12)15/h1-7H. The molecule has 0 bridgehead atoms. The Morgan fingerprint density at radius 1 is 1.06 bits per heavy atom. The Morgan fingerprint density at radius 2 is 1.78 bits per heavy atom. The van der Waals surface area contributed by atoms with Gasteiger partial charge in [-0.2, -0.15) is 0 Å². The summed E-state index contributed by atoms with van der Waals surface area (Å²) < 4.78 is 19.1. The Hall–Kier alpha value is -1.20. The molecule has 0 aromatic heterocycles. The van der Waals surface area contributed by atoms with Crippen LogP contribution in [-0.4, -0.2) is 5.97 Å². The molecule has 0 heterocycles. The number of benzene rings is 2. The van der Waals surface area contributed by atoms with Gasteiger partial charge >= 0.3 is 5.97 Å². The molecule has 0 saturated carbocycles. The molecule has 0 fully saturated rings. The fourth-order valence-corrected chi connectivity index (χ4v) is 2.22. The molecule has 0 saturated heterocycles. The van der Waals surface area contributed by atoms with Crippen LogP contribution >= 0.6 is 31.9 Å². The molecule has 92 valence electrons. The highest BCUT2D eigenvalue weighted by atomic mass is 79.9. The summed E-state index contributed by atoms with van der Waals surface area (Å²) >= 11 is 6.41. The molecular weight excluding hydrogens is 367 g/mol. The number of esters is 1. The molecule has 2 aromatic carbocycles. The van der Waals surface area contributed by atoms with E-state index in [2.05, 4.69) is 31.9 Å². The lowest BCUT2D eigenvalue weighted by Gasteiger charge is -2.07. The number of carbonyl (C=O) groups is 1. The minimum absolute atomic E-state index is 0.275. The van der Waals surface area contributed by atoms with Crippen molar-refractivity contribution >= 4 is 37.8 Å². The van der Waals surface area contributed by atoms with Gasteiger partial charge in [-0.15, -0.1) is 0 Å². The first-order valence-electron chi connectivity index (χ1n) is 4.99. The SMILES string of the molecule is O=C(Oc1ccc(F)cc1Br)c1ccccc1Br. The van der Waals surface area contributed by atoms with Crippen molar-refractivity contribution in [2.75, 3.05) is 0 Å². The molecule has 2 nitrogen and oxygen atoms in total. The van der Waals surface area contributed by atoms with Gasteiger partial charge in [0.05, 0.1) is 10.0 Å². The number of hydrogen-bond donors (Lipinski definition) is 0. The summed E-state index contributed by atoms with van der Waals surface area (Å²) in [6.45, 7) is 0. The molecule has 18 heavy (non-hydrogen) atoms. The number of halogens is 3. The van der Waals surface area contributed by atoms with E-state index >= 15 is 0 Å². The largest absolute Gasteiger partial charge is 0.422 e. The van der Waals surface area contributed by atoms with E-state index in [0.717, 1.165) is 0 Å². The topological polar surface area (TPSA) is 26.3 Å². The first kappa shape index (κ1) is 13.2. The quantitative estimate of drug-likeness (QED) is 0.569. The summed E-state index contributed by atoms with van der Waals surface area (Å²) in [5, 5.41) is 0. The van der Waals surface area contributed by atoms with Crippen molar-refractivity contribution in [3.63, 3.8) is 0 Å². The zero-order valence-corrected chi connectivity index (χ0v) is 12.2. The summed E-state index contributed by atoms with van der Waals surface area (Å²) in [5.74, 6) is -0.630. The van der Waals surface area contributed by atoms with E-state index in [1.807, 2.05) is 0 Å². The lowest BCUT2D eigenvalue weighted by atomic mass is 10.2. The summed E-state index contributed by atoms with van der Waals surface area (Å²) in [6.07, 6.45) is 0. The van der Waals surface area contributed by atoms with Gasteiger partial charge in [-0.1, -0.05) is 12.1 Å². The predicted molar refractivity (Wildman–Crippen MR) is 73.2 cm³/mol. The maximum Gasteiger partial charge on any atom is 0.344 e. The molecule has 0 atom stereocenters. The van der Waals surface area contributed by atoms with Crippen LogP contribution in [-0.2, 0) is 0 Å². The maximum absolute atomic E-state index is 12.9. The van der Waals surface area contributed by atoms with Gasteiger partial charge in [0.15, 0.2) is 0 Å². The lowest BCUT2D eigenvalue weighted by Crippen LogP contribution is -2.09. The molecule has 0 unspecified atom stereocenters. The third-order valence-corrected chi connectivity index (χ3v) is 3.50. The highest BCUT2D eigenvalue weighted by molar-refractivity contribution is 9.10. The molecule has 0 N–H and O–H groups in total. The first-order valence-corrected chi connectivity index (χ1v) is 6.58. The second kappa shape index (κ2) is 5.63. The minimum Gasteiger partial charge on any atom is -0.422 e. The Labute approximate surface area is 120 Å². The molecule has 0 spiro atoms. The molecule has 5 heteroatoms. The van der Waals surface area contributed by atoms with Crippen LogP contribution in [0.3, 0.4) is 0 Å². The van der Waals surface area contributed by atoms with E-state index in [1.165, 1.54) is 18.2 Å². The molecule has 0 radical (unpaired) electrons. The fraction of sp³-hybridized carbons (Fsp3) is 0. The van der Waals surface area contributed by atoms with E-state index in [-0.39, 0.29) is 5.75 Å². The average molecular weight is 374 g/mol. The van der Waals surface area contributed by atoms with Crippen molar-refractivity contribution in [2.45, 2.75) is 0 Å². The number of carbonyl (C=O) groups excluding carboxylic acids is 1. The Morgan fingerprint density at radius 3 is 2.44 bits per heavy atom. The first-order chi connectivity index (χ1) is 8.58. The molecule has 0 aliphatic heterocycles. The molecule has 0 amide bonds. The summed E-state index contributed by atoms with van der Waals surface area (Å²) in [5.41, 5.74) is 0.411. The average Bonchev–Trinajstić information content (AvgIpc) is 2.33. The molecule has 2 rings (SSSR count). The zero-order chi connectivity index (χ0) is 13.1. The Bertz CT molecular complexity index is 599. The molecular formula is C13H7Br2FO2. The third kappa shape index (κ3) is 2.97. The van der Waals surface area contributed by atoms with Gasteiger partial charge in [0.25, 0.3) is 0 Å². The number of rotatable bonds is 2. The van der Waals surface area contributed by atoms with E-state index in [9.17, 15) is 9.18 Å². The van der Waals surface area contributed by atoms with Crippen LogP contribution in [0.25, 0.3) is 0 Å². The van der Waals surface area contributed by atoms with Crippen LogP contribution in [0.1, 0.15) is 10.4 Å². The van der Waals surface area contributed by atoms with Crippen LogP contribution < -0.4 is 4.74 Å². The van der Waals surface area contributed by atoms with Crippen LogP contribution in [0, 0.1) is 5.82 Å². The van der Waals surface area contributed by atoms with Crippen molar-refractivity contribution in [1.29, 1.82) is 0 Å². The number of ether oxygens (including phenoxy) is 1. The third-order valence-electron chi connectivity index (χ3n) is 2.19. The monoisotopic (exact) mass is 372 g/mol. The second-order valence-corrected chi connectivity index (χ2v) is 5.15. The maximum atomic E-state index is 12.9. The van der Waals surface area contributed by atoms with Gasteiger partial charge < -0.3 is 4.74 Å². The molecule has 0 aliphatic carbocycles. The highest BCUT2D eigenvalue weighted by Crippen LogP contribution is 2.27. The minimum atomic E-state index is -0.505. The van der Waals surface area contributed by atoms with Crippen molar-refractivity contribution in [2.24, 2.45) is 0 Å². The van der Waals surface area contributed by atoms with Gasteiger partial charge in [-0.25, -0.2) is 9.18 Å². The van der Waals surface area contributed by atoms with Crippen molar-refractivity contribution in [3.05, 3.63) is 62.8 Å². The van der Waals surface area contributed by atoms with Crippen LogP contribution in [0.5, 0.6) is 5.75 Å². The van der Waals surface area contributed by atoms with E-state index in [1.54, 1.807) is 24.3 Å². The van der Waals surface area contributed by atoms with E-state index in [0.29, 0.717) is 14.5 Å². The number of hydrogen-bond acceptors (Lipinski definition) is 2. The smallest absolute Gasteiger partial charge is 0.344 e. The van der Waals surface area contributed by atoms with Gasteiger partial charge in [0.2, 0.25) is 0 Å². The zero-order valence-electron chi connectivity index (χ0n) is 8.99. The van der Waals surface area contributed by atoms with E-state index in [4.69, 9.17) is 4.74 Å². The van der Waals surface area contributed by atoms with Crippen LogP contribution in [0.15, 0.2) is 51.4 Å². The van der Waals surface area contributed by atoms with E-state index < -0.39 is 11.8 Å². The van der Waals surface area contributed by atoms with Crippen molar-refractivity contribution in [1.82, 2.24) is 0 Å². The lowest BCUT2D eigenvalue weighted by molar-refractivity contribution is 0.0732. The van der Waals surface area contributed by atoms with Gasteiger partial charge in [-0.05, 0) is 62.2 Å². The van der Waals surface area contributed by atoms with Gasteiger partial charge in [-0.3, -0.25) is 0 Å². The Kier molecular flexibility index (Phi) is 4.14. The summed E-state index contributed by atoms with van der Waals surface area (Å²) in [6, 6.07) is 10.8. The normalized spacial score (nSPS) is 10.2. The summed E-state index contributed by atoms with van der Waals surface area (Å²) in [7, 11) is 0. The van der Waals surface area contributed by atoms with Crippen molar-refractivity contribution < 1.29 is 13.9 Å². The van der Waals surface area contributed by atoms with Crippen molar-refractivity contribution in [3.8, 4) is 5.75 Å². The Balaban J connectivity index is 2.24. The van der Waals surface area contributed by atoms with Crippen LogP contribution in [0.4, 0.5) is 4.39 Å². The fourth-order valence-electron chi connectivity index (χ4n) is 1.34. The summed E-state index contributed by atoms with van der Waals surface area (Å²) in [4.78, 5) is 11.9.